The largest absolute Gasteiger partial charge is 0.326 e. The van der Waals surface area contributed by atoms with E-state index in [4.69, 9.17) is 0 Å². The lowest BCUT2D eigenvalue weighted by Crippen LogP contribution is -2.16. The molecule has 9 heteroatoms. The molecule has 29 heavy (non-hydrogen) atoms. The second-order valence-electron chi connectivity index (χ2n) is 6.71. The maximum absolute atomic E-state index is 12.4. The molecule has 2 amide bonds. The Kier molecular flexibility index (Phi) is 5.96. The average Bonchev–Trinajstić information content (AvgIpc) is 3.27. The van der Waals surface area contributed by atoms with Gasteiger partial charge >= 0.3 is 0 Å². The maximum atomic E-state index is 12.4. The fourth-order valence-electron chi connectivity index (χ4n) is 2.86. The van der Waals surface area contributed by atoms with Crippen LogP contribution in [-0.4, -0.2) is 32.3 Å². The lowest BCUT2D eigenvalue weighted by molar-refractivity contribution is -0.117. The van der Waals surface area contributed by atoms with Gasteiger partial charge in [0.2, 0.25) is 11.8 Å². The van der Waals surface area contributed by atoms with Crippen LogP contribution in [0.3, 0.4) is 0 Å². The first-order valence-electron chi connectivity index (χ1n) is 9.44. The van der Waals surface area contributed by atoms with Crippen LogP contribution >= 0.6 is 23.1 Å². The van der Waals surface area contributed by atoms with Crippen molar-refractivity contribution in [2.75, 3.05) is 16.4 Å². The minimum Gasteiger partial charge on any atom is -0.326 e. The van der Waals surface area contributed by atoms with Crippen LogP contribution in [0.5, 0.6) is 0 Å². The summed E-state index contributed by atoms with van der Waals surface area (Å²) in [7, 11) is 0. The van der Waals surface area contributed by atoms with Gasteiger partial charge in [-0.3, -0.25) is 9.59 Å². The summed E-state index contributed by atoms with van der Waals surface area (Å²) in [5, 5.41) is 17.0. The second kappa shape index (κ2) is 8.79. The monoisotopic (exact) mass is 427 g/mol. The minimum absolute atomic E-state index is 0.0458. The van der Waals surface area contributed by atoms with Gasteiger partial charge in [0, 0.05) is 23.8 Å². The van der Waals surface area contributed by atoms with Crippen molar-refractivity contribution in [2.24, 2.45) is 5.92 Å². The van der Waals surface area contributed by atoms with E-state index in [1.807, 2.05) is 41.1 Å². The SMILES string of the molecule is CCn1c(SCC(=O)Nc2cccc(NC(=O)C3CC3)c2)nnc1-c1cccs1. The smallest absolute Gasteiger partial charge is 0.234 e. The molecule has 2 heterocycles. The van der Waals surface area contributed by atoms with Crippen molar-refractivity contribution in [1.82, 2.24) is 14.8 Å². The summed E-state index contributed by atoms with van der Waals surface area (Å²) in [5.41, 5.74) is 1.35. The van der Waals surface area contributed by atoms with Crippen molar-refractivity contribution in [3.63, 3.8) is 0 Å². The number of thiophene rings is 1. The lowest BCUT2D eigenvalue weighted by atomic mass is 10.2. The number of aromatic nitrogens is 3. The van der Waals surface area contributed by atoms with E-state index in [1.165, 1.54) is 11.8 Å². The molecular formula is C20H21N5O2S2. The van der Waals surface area contributed by atoms with Crippen LogP contribution in [0.25, 0.3) is 10.7 Å². The predicted octanol–water partition coefficient (Wildman–Crippen LogP) is 4.11. The number of carbonyl (C=O) groups excluding carboxylic acids is 2. The van der Waals surface area contributed by atoms with Gasteiger partial charge in [0.15, 0.2) is 11.0 Å². The van der Waals surface area contributed by atoms with Gasteiger partial charge in [-0.05, 0) is 49.4 Å². The molecule has 1 fully saturated rings. The van der Waals surface area contributed by atoms with E-state index in [9.17, 15) is 9.59 Å². The van der Waals surface area contributed by atoms with Crippen molar-refractivity contribution in [3.05, 3.63) is 41.8 Å². The molecule has 3 aromatic rings. The molecule has 0 unspecified atom stereocenters. The zero-order valence-electron chi connectivity index (χ0n) is 15.9. The van der Waals surface area contributed by atoms with Crippen LogP contribution in [0.15, 0.2) is 46.9 Å². The number of carbonyl (C=O) groups is 2. The summed E-state index contributed by atoms with van der Waals surface area (Å²) in [5.74, 6) is 1.10. The lowest BCUT2D eigenvalue weighted by Gasteiger charge is -2.09. The molecule has 0 saturated heterocycles. The van der Waals surface area contributed by atoms with Crippen LogP contribution in [-0.2, 0) is 16.1 Å². The maximum Gasteiger partial charge on any atom is 0.234 e. The Morgan fingerprint density at radius 1 is 1.17 bits per heavy atom. The van der Waals surface area contributed by atoms with Gasteiger partial charge in [0.25, 0.3) is 0 Å². The quantitative estimate of drug-likeness (QED) is 0.528. The van der Waals surface area contributed by atoms with Crippen LogP contribution in [0, 0.1) is 5.92 Å². The Morgan fingerprint density at radius 3 is 2.66 bits per heavy atom. The Balaban J connectivity index is 1.35. The standard InChI is InChI=1S/C20H21N5O2S2/c1-2-25-18(16-7-4-10-28-16)23-24-20(25)29-12-17(26)21-14-5-3-6-15(11-14)22-19(27)13-8-9-13/h3-7,10-11,13H,2,8-9,12H2,1H3,(H,21,26)(H,22,27). The summed E-state index contributed by atoms with van der Waals surface area (Å²) in [6, 6.07) is 11.2. The number of nitrogens with one attached hydrogen (secondary N) is 2. The molecule has 0 aliphatic heterocycles. The number of rotatable bonds is 8. The molecule has 0 bridgehead atoms. The van der Waals surface area contributed by atoms with E-state index < -0.39 is 0 Å². The van der Waals surface area contributed by atoms with Gasteiger partial charge in [0.1, 0.15) is 0 Å². The van der Waals surface area contributed by atoms with Crippen molar-refractivity contribution in [2.45, 2.75) is 31.5 Å². The van der Waals surface area contributed by atoms with E-state index >= 15 is 0 Å². The number of hydrogen-bond donors (Lipinski definition) is 2. The van der Waals surface area contributed by atoms with E-state index in [2.05, 4.69) is 20.8 Å². The highest BCUT2D eigenvalue weighted by atomic mass is 32.2. The third-order valence-electron chi connectivity index (χ3n) is 4.47. The number of anilines is 2. The molecule has 4 rings (SSSR count). The zero-order valence-corrected chi connectivity index (χ0v) is 17.6. The average molecular weight is 428 g/mol. The van der Waals surface area contributed by atoms with E-state index in [-0.39, 0.29) is 23.5 Å². The molecule has 1 aliphatic rings. The van der Waals surface area contributed by atoms with Crippen molar-refractivity contribution in [1.29, 1.82) is 0 Å². The Labute approximate surface area is 176 Å². The minimum atomic E-state index is -0.135. The molecule has 1 aromatic carbocycles. The van der Waals surface area contributed by atoms with Crippen LogP contribution < -0.4 is 10.6 Å². The number of hydrogen-bond acceptors (Lipinski definition) is 6. The Hall–Kier alpha value is -2.65. The number of nitrogens with zero attached hydrogens (tertiary/aromatic N) is 3. The van der Waals surface area contributed by atoms with Gasteiger partial charge in [-0.15, -0.1) is 21.5 Å². The van der Waals surface area contributed by atoms with Crippen LogP contribution in [0.2, 0.25) is 0 Å². The zero-order chi connectivity index (χ0) is 20.2. The second-order valence-corrected chi connectivity index (χ2v) is 8.60. The third-order valence-corrected chi connectivity index (χ3v) is 6.30. The van der Waals surface area contributed by atoms with Gasteiger partial charge in [-0.2, -0.15) is 0 Å². The van der Waals surface area contributed by atoms with Crippen molar-refractivity contribution in [3.8, 4) is 10.7 Å². The first-order valence-corrected chi connectivity index (χ1v) is 11.3. The van der Waals surface area contributed by atoms with E-state index in [0.717, 1.165) is 35.2 Å². The van der Waals surface area contributed by atoms with Crippen LogP contribution in [0.1, 0.15) is 19.8 Å². The third kappa shape index (κ3) is 4.86. The highest BCUT2D eigenvalue weighted by Gasteiger charge is 2.29. The number of thioether (sulfide) groups is 1. The van der Waals surface area contributed by atoms with Gasteiger partial charge < -0.3 is 15.2 Å². The van der Waals surface area contributed by atoms with Crippen molar-refractivity contribution >= 4 is 46.3 Å². The summed E-state index contributed by atoms with van der Waals surface area (Å²) in [4.78, 5) is 25.4. The molecule has 1 saturated carbocycles. The molecule has 0 spiro atoms. The number of benzene rings is 1. The fraction of sp³-hybridized carbons (Fsp3) is 0.300. The highest BCUT2D eigenvalue weighted by molar-refractivity contribution is 7.99. The van der Waals surface area contributed by atoms with Crippen LogP contribution in [0.4, 0.5) is 11.4 Å². The molecule has 0 atom stereocenters. The summed E-state index contributed by atoms with van der Waals surface area (Å²) >= 11 is 2.97. The first kappa shape index (κ1) is 19.7. The molecular weight excluding hydrogens is 406 g/mol. The normalized spacial score (nSPS) is 13.3. The molecule has 2 N–H and O–H groups in total. The highest BCUT2D eigenvalue weighted by Crippen LogP contribution is 2.30. The molecule has 1 aliphatic carbocycles. The summed E-state index contributed by atoms with van der Waals surface area (Å²) in [6.45, 7) is 2.76. The Bertz CT molecular complexity index is 1010. The number of amides is 2. The van der Waals surface area contributed by atoms with Gasteiger partial charge in [0.05, 0.1) is 10.6 Å². The first-order chi connectivity index (χ1) is 14.1. The van der Waals surface area contributed by atoms with Crippen molar-refractivity contribution < 1.29 is 9.59 Å². The summed E-state index contributed by atoms with van der Waals surface area (Å²) in [6.07, 6.45) is 1.91. The van der Waals surface area contributed by atoms with E-state index in [0.29, 0.717) is 11.4 Å². The molecule has 2 aromatic heterocycles. The Morgan fingerprint density at radius 2 is 1.97 bits per heavy atom. The topological polar surface area (TPSA) is 88.9 Å². The van der Waals surface area contributed by atoms with Gasteiger partial charge in [-0.1, -0.05) is 23.9 Å². The van der Waals surface area contributed by atoms with E-state index in [1.54, 1.807) is 23.5 Å². The molecule has 7 nitrogen and oxygen atoms in total. The summed E-state index contributed by atoms with van der Waals surface area (Å²) < 4.78 is 2.01. The molecule has 150 valence electrons. The van der Waals surface area contributed by atoms with Gasteiger partial charge in [-0.25, -0.2) is 0 Å². The predicted molar refractivity (Wildman–Crippen MR) is 116 cm³/mol. The fourth-order valence-corrected chi connectivity index (χ4v) is 4.38. The molecule has 0 radical (unpaired) electrons.